The van der Waals surface area contributed by atoms with Crippen LogP contribution in [0.4, 0.5) is 0 Å². The lowest BCUT2D eigenvalue weighted by atomic mass is 9.98. The molecular weight excluding hydrogens is 412 g/mol. The quantitative estimate of drug-likeness (QED) is 0.671. The summed E-state index contributed by atoms with van der Waals surface area (Å²) in [5.74, 6) is 0.803. The number of piperidine rings is 1. The molecule has 6 nitrogen and oxygen atoms in total. The van der Waals surface area contributed by atoms with Crippen LogP contribution >= 0.6 is 0 Å². The SMILES string of the molecule is COc1ccc(S(=O)(=O)NC(C)CCc2ccccc2)cc1C(=O)N1CCC(C)CC1. The molecule has 31 heavy (non-hydrogen) atoms. The molecule has 0 aromatic heterocycles. The van der Waals surface area contributed by atoms with Gasteiger partial charge in [0.05, 0.1) is 17.6 Å². The molecule has 0 spiro atoms. The number of nitrogens with zero attached hydrogens (tertiary/aromatic N) is 1. The van der Waals surface area contributed by atoms with Crippen molar-refractivity contribution in [3.63, 3.8) is 0 Å². The molecule has 0 radical (unpaired) electrons. The van der Waals surface area contributed by atoms with E-state index >= 15 is 0 Å². The van der Waals surface area contributed by atoms with Crippen LogP contribution in [0.2, 0.25) is 0 Å². The number of hydrogen-bond acceptors (Lipinski definition) is 4. The Kier molecular flexibility index (Phi) is 7.73. The average Bonchev–Trinajstić information content (AvgIpc) is 2.77. The maximum absolute atomic E-state index is 13.1. The molecule has 3 rings (SSSR count). The first-order chi connectivity index (χ1) is 14.8. The van der Waals surface area contributed by atoms with Gasteiger partial charge in [0, 0.05) is 19.1 Å². The van der Waals surface area contributed by atoms with Gasteiger partial charge in [0.15, 0.2) is 0 Å². The lowest BCUT2D eigenvalue weighted by Gasteiger charge is -2.30. The number of benzene rings is 2. The predicted octanol–water partition coefficient (Wildman–Crippen LogP) is 3.87. The van der Waals surface area contributed by atoms with Crippen molar-refractivity contribution in [3.05, 3.63) is 59.7 Å². The second kappa shape index (κ2) is 10.3. The van der Waals surface area contributed by atoms with E-state index < -0.39 is 10.0 Å². The highest BCUT2D eigenvalue weighted by Gasteiger charge is 2.26. The normalized spacial score (nSPS) is 16.2. The zero-order chi connectivity index (χ0) is 22.4. The third-order valence-corrected chi connectivity index (χ3v) is 7.43. The number of nitrogens with one attached hydrogen (secondary N) is 1. The van der Waals surface area contributed by atoms with Crippen LogP contribution in [0.15, 0.2) is 53.4 Å². The van der Waals surface area contributed by atoms with Crippen LogP contribution in [-0.4, -0.2) is 45.5 Å². The minimum Gasteiger partial charge on any atom is -0.496 e. The number of sulfonamides is 1. The van der Waals surface area contributed by atoms with Gasteiger partial charge in [-0.05, 0) is 62.3 Å². The number of aryl methyl sites for hydroxylation is 1. The number of hydrogen-bond donors (Lipinski definition) is 1. The molecule has 1 amide bonds. The summed E-state index contributed by atoms with van der Waals surface area (Å²) in [7, 11) is -2.27. The summed E-state index contributed by atoms with van der Waals surface area (Å²) in [6.07, 6.45) is 3.36. The molecule has 1 heterocycles. The first kappa shape index (κ1) is 23.3. The molecule has 1 aliphatic heterocycles. The van der Waals surface area contributed by atoms with Crippen LogP contribution in [0.1, 0.15) is 49.0 Å². The van der Waals surface area contributed by atoms with Crippen molar-refractivity contribution in [2.24, 2.45) is 5.92 Å². The molecule has 2 aromatic carbocycles. The zero-order valence-corrected chi connectivity index (χ0v) is 19.3. The molecule has 1 atom stereocenters. The summed E-state index contributed by atoms with van der Waals surface area (Å²) in [6.45, 7) is 5.38. The monoisotopic (exact) mass is 444 g/mol. The largest absolute Gasteiger partial charge is 0.496 e. The van der Waals surface area contributed by atoms with Crippen LogP contribution in [-0.2, 0) is 16.4 Å². The van der Waals surface area contributed by atoms with E-state index in [9.17, 15) is 13.2 Å². The van der Waals surface area contributed by atoms with Gasteiger partial charge in [-0.15, -0.1) is 0 Å². The van der Waals surface area contributed by atoms with Crippen LogP contribution in [0.3, 0.4) is 0 Å². The maximum Gasteiger partial charge on any atom is 0.257 e. The first-order valence-electron chi connectivity index (χ1n) is 10.8. The van der Waals surface area contributed by atoms with E-state index in [1.807, 2.05) is 37.3 Å². The Bertz CT molecular complexity index is 984. The molecule has 2 aromatic rings. The van der Waals surface area contributed by atoms with E-state index in [1.165, 1.54) is 24.8 Å². The molecule has 1 fully saturated rings. The van der Waals surface area contributed by atoms with Gasteiger partial charge in [0.25, 0.3) is 5.91 Å². The van der Waals surface area contributed by atoms with Gasteiger partial charge in [-0.2, -0.15) is 0 Å². The molecule has 1 N–H and O–H groups in total. The van der Waals surface area contributed by atoms with Gasteiger partial charge < -0.3 is 9.64 Å². The molecule has 0 saturated carbocycles. The van der Waals surface area contributed by atoms with Crippen molar-refractivity contribution in [2.45, 2.75) is 50.5 Å². The van der Waals surface area contributed by atoms with E-state index in [-0.39, 0.29) is 22.4 Å². The fraction of sp³-hybridized carbons (Fsp3) is 0.458. The first-order valence-corrected chi connectivity index (χ1v) is 12.3. The molecular formula is C24H32N2O4S. The van der Waals surface area contributed by atoms with E-state index in [1.54, 1.807) is 11.0 Å². The lowest BCUT2D eigenvalue weighted by molar-refractivity contribution is 0.0693. The molecule has 168 valence electrons. The maximum atomic E-state index is 13.1. The topological polar surface area (TPSA) is 75.7 Å². The number of likely N-dealkylation sites (tertiary alicyclic amines) is 1. The molecule has 0 bridgehead atoms. The minimum absolute atomic E-state index is 0.0774. The highest BCUT2D eigenvalue weighted by atomic mass is 32.2. The van der Waals surface area contributed by atoms with Crippen molar-refractivity contribution in [1.82, 2.24) is 9.62 Å². The van der Waals surface area contributed by atoms with E-state index in [2.05, 4.69) is 11.6 Å². The third kappa shape index (κ3) is 6.08. The van der Waals surface area contributed by atoms with Gasteiger partial charge in [0.1, 0.15) is 5.75 Å². The summed E-state index contributed by atoms with van der Waals surface area (Å²) in [5, 5.41) is 0. The lowest BCUT2D eigenvalue weighted by Crippen LogP contribution is -2.38. The van der Waals surface area contributed by atoms with E-state index in [0.29, 0.717) is 31.2 Å². The summed E-state index contributed by atoms with van der Waals surface area (Å²) >= 11 is 0. The van der Waals surface area contributed by atoms with Crippen LogP contribution < -0.4 is 9.46 Å². The fourth-order valence-corrected chi connectivity index (χ4v) is 5.13. The molecule has 1 aliphatic rings. The van der Waals surface area contributed by atoms with Gasteiger partial charge in [-0.3, -0.25) is 4.79 Å². The Morgan fingerprint density at radius 1 is 1.16 bits per heavy atom. The highest BCUT2D eigenvalue weighted by Crippen LogP contribution is 2.26. The molecule has 7 heteroatoms. The van der Waals surface area contributed by atoms with Crippen molar-refractivity contribution >= 4 is 15.9 Å². The van der Waals surface area contributed by atoms with Crippen LogP contribution in [0.5, 0.6) is 5.75 Å². The molecule has 1 unspecified atom stereocenters. The molecule has 1 saturated heterocycles. The Hall–Kier alpha value is -2.38. The number of rotatable bonds is 8. The fourth-order valence-electron chi connectivity index (χ4n) is 3.82. The Morgan fingerprint density at radius 2 is 1.84 bits per heavy atom. The second-order valence-electron chi connectivity index (χ2n) is 8.38. The molecule has 0 aliphatic carbocycles. The van der Waals surface area contributed by atoms with Crippen molar-refractivity contribution in [1.29, 1.82) is 0 Å². The second-order valence-corrected chi connectivity index (χ2v) is 10.1. The summed E-state index contributed by atoms with van der Waals surface area (Å²) < 4.78 is 34.0. The number of ether oxygens (including phenoxy) is 1. The summed E-state index contributed by atoms with van der Waals surface area (Å²) in [5.41, 5.74) is 1.46. The summed E-state index contributed by atoms with van der Waals surface area (Å²) in [6, 6.07) is 14.2. The van der Waals surface area contributed by atoms with Crippen molar-refractivity contribution < 1.29 is 17.9 Å². The number of carbonyl (C=O) groups excluding carboxylic acids is 1. The Morgan fingerprint density at radius 3 is 2.48 bits per heavy atom. The third-order valence-electron chi connectivity index (χ3n) is 5.85. The van der Waals surface area contributed by atoms with Gasteiger partial charge in [-0.25, -0.2) is 13.1 Å². The highest BCUT2D eigenvalue weighted by molar-refractivity contribution is 7.89. The van der Waals surface area contributed by atoms with Gasteiger partial charge >= 0.3 is 0 Å². The standard InChI is InChI=1S/C24H32N2O4S/c1-18-13-15-26(16-14-18)24(27)22-17-21(11-12-23(22)30-3)31(28,29)25-19(2)9-10-20-7-5-4-6-8-20/h4-8,11-12,17-19,25H,9-10,13-16H2,1-3H3. The Labute approximate surface area is 185 Å². The van der Waals surface area contributed by atoms with Gasteiger partial charge in [-0.1, -0.05) is 37.3 Å². The van der Waals surface area contributed by atoms with Crippen molar-refractivity contribution in [3.8, 4) is 5.75 Å². The number of methoxy groups -OCH3 is 1. The smallest absolute Gasteiger partial charge is 0.257 e. The number of amides is 1. The Balaban J connectivity index is 1.73. The zero-order valence-electron chi connectivity index (χ0n) is 18.5. The summed E-state index contributed by atoms with van der Waals surface area (Å²) in [4.78, 5) is 14.9. The van der Waals surface area contributed by atoms with Crippen molar-refractivity contribution in [2.75, 3.05) is 20.2 Å². The number of carbonyl (C=O) groups is 1. The minimum atomic E-state index is -3.76. The van der Waals surface area contributed by atoms with Crippen LogP contribution in [0, 0.1) is 5.92 Å². The van der Waals surface area contributed by atoms with Crippen LogP contribution in [0.25, 0.3) is 0 Å². The average molecular weight is 445 g/mol. The van der Waals surface area contributed by atoms with Gasteiger partial charge in [0.2, 0.25) is 10.0 Å². The predicted molar refractivity (Wildman–Crippen MR) is 122 cm³/mol. The van der Waals surface area contributed by atoms with E-state index in [4.69, 9.17) is 4.74 Å². The van der Waals surface area contributed by atoms with E-state index in [0.717, 1.165) is 19.3 Å².